The number of thiazole rings is 1. The molecule has 1 N–H and O–H groups in total. The lowest BCUT2D eigenvalue weighted by molar-refractivity contribution is 0.00977. The van der Waals surface area contributed by atoms with Gasteiger partial charge in [-0.2, -0.15) is 0 Å². The van der Waals surface area contributed by atoms with Gasteiger partial charge in [-0.05, 0) is 58.9 Å². The number of anilines is 1. The van der Waals surface area contributed by atoms with Crippen LogP contribution in [0.3, 0.4) is 0 Å². The monoisotopic (exact) mass is 529 g/mol. The molecule has 198 valence electrons. The van der Waals surface area contributed by atoms with E-state index in [9.17, 15) is 14.0 Å². The number of oxazole rings is 1. The third-order valence-electron chi connectivity index (χ3n) is 5.73. The molecular formula is C26H32FN5O4S. The van der Waals surface area contributed by atoms with Crippen LogP contribution in [0.4, 0.5) is 14.9 Å². The Morgan fingerprint density at radius 1 is 1.24 bits per heavy atom. The van der Waals surface area contributed by atoms with Crippen molar-refractivity contribution in [1.82, 2.24) is 20.2 Å². The van der Waals surface area contributed by atoms with Crippen molar-refractivity contribution >= 4 is 29.0 Å². The maximum atomic E-state index is 13.8. The molecule has 0 aliphatic carbocycles. The summed E-state index contributed by atoms with van der Waals surface area (Å²) in [5.41, 5.74) is 0.409. The first-order valence-electron chi connectivity index (χ1n) is 12.2. The molecule has 2 amide bonds. The predicted octanol–water partition coefficient (Wildman–Crippen LogP) is 4.82. The van der Waals surface area contributed by atoms with Gasteiger partial charge >= 0.3 is 6.09 Å². The summed E-state index contributed by atoms with van der Waals surface area (Å²) < 4.78 is 25.0. The van der Waals surface area contributed by atoms with E-state index < -0.39 is 11.7 Å². The van der Waals surface area contributed by atoms with Crippen LogP contribution in [0.15, 0.2) is 46.5 Å². The molecular weight excluding hydrogens is 497 g/mol. The van der Waals surface area contributed by atoms with Crippen LogP contribution in [0.1, 0.15) is 62.0 Å². The van der Waals surface area contributed by atoms with E-state index in [4.69, 9.17) is 9.15 Å². The van der Waals surface area contributed by atoms with Gasteiger partial charge in [0.1, 0.15) is 28.4 Å². The predicted molar refractivity (Wildman–Crippen MR) is 138 cm³/mol. The number of nitrogens with zero attached hydrogens (tertiary/aromatic N) is 4. The van der Waals surface area contributed by atoms with Gasteiger partial charge in [0.25, 0.3) is 5.91 Å². The fraction of sp³-hybridized carbons (Fsp3) is 0.462. The molecule has 4 rings (SSSR count). The van der Waals surface area contributed by atoms with Gasteiger partial charge in [0.2, 0.25) is 0 Å². The van der Waals surface area contributed by atoms with E-state index in [0.717, 1.165) is 5.69 Å². The average Bonchev–Trinajstić information content (AvgIpc) is 3.50. The first-order chi connectivity index (χ1) is 17.5. The third-order valence-corrected chi connectivity index (χ3v) is 6.68. The number of piperazine rings is 1. The van der Waals surface area contributed by atoms with Crippen molar-refractivity contribution in [3.8, 4) is 0 Å². The highest BCUT2D eigenvalue weighted by Crippen LogP contribution is 2.36. The van der Waals surface area contributed by atoms with Crippen LogP contribution in [-0.4, -0.2) is 57.6 Å². The molecule has 1 aromatic carbocycles. The molecule has 2 atom stereocenters. The molecule has 3 heterocycles. The summed E-state index contributed by atoms with van der Waals surface area (Å²) in [6.45, 7) is 9.87. The zero-order valence-corrected chi connectivity index (χ0v) is 22.4. The second kappa shape index (κ2) is 10.9. The lowest BCUT2D eigenvalue weighted by Gasteiger charge is -2.46. The smallest absolute Gasteiger partial charge is 0.410 e. The number of rotatable bonds is 6. The summed E-state index contributed by atoms with van der Waals surface area (Å²) in [4.78, 5) is 38.6. The molecule has 0 bridgehead atoms. The second-order valence-electron chi connectivity index (χ2n) is 10.3. The first-order valence-corrected chi connectivity index (χ1v) is 13.0. The van der Waals surface area contributed by atoms with Gasteiger partial charge in [0, 0.05) is 30.1 Å². The number of hydrogen-bond donors (Lipinski definition) is 1. The highest BCUT2D eigenvalue weighted by Gasteiger charge is 2.41. The number of ether oxygens (including phenoxy) is 1. The Labute approximate surface area is 219 Å². The Hall–Kier alpha value is -3.47. The van der Waals surface area contributed by atoms with Crippen molar-refractivity contribution in [3.63, 3.8) is 0 Å². The number of nitrogens with one attached hydrogen (secondary N) is 1. The van der Waals surface area contributed by atoms with Crippen LogP contribution in [0.2, 0.25) is 0 Å². The quantitative estimate of drug-likeness (QED) is 0.489. The van der Waals surface area contributed by atoms with Gasteiger partial charge < -0.3 is 24.3 Å². The number of benzene rings is 1. The topological polar surface area (TPSA) is 101 Å². The number of aromatic nitrogens is 2. The summed E-state index contributed by atoms with van der Waals surface area (Å²) in [6.07, 6.45) is 2.98. The standard InChI is InChI=1S/C26H32FN5O4S/c1-16(2)29-23(33)20-15-37-24(30-20)21-14-32(25(34)36-26(3,4)5)19(12-22-28-10-11-35-22)13-31(21)18-8-6-17(27)7-9-18/h6-11,15-16,19,21H,12-14H2,1-5H3,(H,29,33). The summed E-state index contributed by atoms with van der Waals surface area (Å²) in [5.74, 6) is -0.101. The summed E-state index contributed by atoms with van der Waals surface area (Å²) in [7, 11) is 0. The van der Waals surface area contributed by atoms with Gasteiger partial charge in [-0.3, -0.25) is 4.79 Å². The van der Waals surface area contributed by atoms with Crippen LogP contribution in [0, 0.1) is 5.82 Å². The van der Waals surface area contributed by atoms with Gasteiger partial charge in [-0.1, -0.05) is 0 Å². The third kappa shape index (κ3) is 6.65. The van der Waals surface area contributed by atoms with Crippen molar-refractivity contribution in [2.75, 3.05) is 18.0 Å². The van der Waals surface area contributed by atoms with E-state index in [2.05, 4.69) is 20.2 Å². The molecule has 2 unspecified atom stereocenters. The summed E-state index contributed by atoms with van der Waals surface area (Å²) >= 11 is 1.35. The Balaban J connectivity index is 1.71. The molecule has 0 spiro atoms. The molecule has 2 aromatic heterocycles. The van der Waals surface area contributed by atoms with E-state index in [-0.39, 0.29) is 36.4 Å². The number of halogens is 1. The van der Waals surface area contributed by atoms with E-state index in [1.54, 1.807) is 28.6 Å². The molecule has 1 aliphatic rings. The average molecular weight is 530 g/mol. The highest BCUT2D eigenvalue weighted by molar-refractivity contribution is 7.10. The van der Waals surface area contributed by atoms with Crippen molar-refractivity contribution in [2.24, 2.45) is 0 Å². The fourth-order valence-corrected chi connectivity index (χ4v) is 5.07. The SMILES string of the molecule is CC(C)NC(=O)c1csc(C2CN(C(=O)OC(C)(C)C)C(Cc3ncco3)CN2c2ccc(F)cc2)n1. The van der Waals surface area contributed by atoms with Crippen LogP contribution >= 0.6 is 11.3 Å². The minimum Gasteiger partial charge on any atom is -0.449 e. The molecule has 11 heteroatoms. The largest absolute Gasteiger partial charge is 0.449 e. The Bertz CT molecular complexity index is 1210. The van der Waals surface area contributed by atoms with E-state index >= 15 is 0 Å². The number of carbonyl (C=O) groups is 2. The molecule has 9 nitrogen and oxygen atoms in total. The van der Waals surface area contributed by atoms with E-state index in [0.29, 0.717) is 29.6 Å². The highest BCUT2D eigenvalue weighted by atomic mass is 32.1. The molecule has 1 aliphatic heterocycles. The second-order valence-corrected chi connectivity index (χ2v) is 11.1. The van der Waals surface area contributed by atoms with Crippen molar-refractivity contribution in [1.29, 1.82) is 0 Å². The van der Waals surface area contributed by atoms with Crippen molar-refractivity contribution in [3.05, 3.63) is 64.5 Å². The maximum absolute atomic E-state index is 13.8. The molecule has 1 fully saturated rings. The number of carbonyl (C=O) groups excluding carboxylic acids is 2. The summed E-state index contributed by atoms with van der Waals surface area (Å²) in [5, 5.41) is 5.24. The number of amides is 2. The van der Waals surface area contributed by atoms with Crippen LogP contribution in [-0.2, 0) is 11.2 Å². The van der Waals surface area contributed by atoms with Gasteiger partial charge in [-0.25, -0.2) is 19.2 Å². The van der Waals surface area contributed by atoms with Crippen molar-refractivity contribution in [2.45, 2.75) is 64.8 Å². The van der Waals surface area contributed by atoms with E-state index in [1.165, 1.54) is 29.7 Å². The maximum Gasteiger partial charge on any atom is 0.410 e. The Morgan fingerprint density at radius 3 is 2.59 bits per heavy atom. The van der Waals surface area contributed by atoms with Gasteiger partial charge in [-0.15, -0.1) is 11.3 Å². The van der Waals surface area contributed by atoms with Crippen LogP contribution in [0.25, 0.3) is 0 Å². The Morgan fingerprint density at radius 2 is 1.97 bits per heavy atom. The zero-order valence-electron chi connectivity index (χ0n) is 21.6. The zero-order chi connectivity index (χ0) is 26.7. The Kier molecular flexibility index (Phi) is 7.82. The molecule has 0 radical (unpaired) electrons. The van der Waals surface area contributed by atoms with Crippen LogP contribution < -0.4 is 10.2 Å². The molecule has 1 saturated heterocycles. The van der Waals surface area contributed by atoms with Crippen molar-refractivity contribution < 1.29 is 23.1 Å². The normalized spacial score (nSPS) is 18.2. The molecule has 37 heavy (non-hydrogen) atoms. The summed E-state index contributed by atoms with van der Waals surface area (Å²) in [6, 6.07) is 5.46. The lowest BCUT2D eigenvalue weighted by Crippen LogP contribution is -2.58. The fourth-order valence-electron chi connectivity index (χ4n) is 4.17. The first kappa shape index (κ1) is 26.6. The molecule has 0 saturated carbocycles. The minimum absolute atomic E-state index is 0.0262. The minimum atomic E-state index is -0.683. The van der Waals surface area contributed by atoms with Crippen LogP contribution in [0.5, 0.6) is 0 Å². The van der Waals surface area contributed by atoms with Gasteiger partial charge in [0.15, 0.2) is 5.89 Å². The van der Waals surface area contributed by atoms with Gasteiger partial charge in [0.05, 0.1) is 24.8 Å². The molecule has 3 aromatic rings. The van der Waals surface area contributed by atoms with E-state index in [1.807, 2.05) is 34.6 Å². The number of hydrogen-bond acceptors (Lipinski definition) is 8. The lowest BCUT2D eigenvalue weighted by atomic mass is 10.0.